The number of thiophene rings is 1. The zero-order valence-electron chi connectivity index (χ0n) is 9.70. The fraction of sp³-hybridized carbons (Fsp3) is 0.308. The van der Waals surface area contributed by atoms with E-state index in [9.17, 15) is 4.79 Å². The number of nitrogen functional groups attached to an aromatic ring is 1. The number of anilines is 1. The van der Waals surface area contributed by atoms with Gasteiger partial charge < -0.3 is 11.1 Å². The number of hydrogen-bond donors (Lipinski definition) is 2. The molecule has 0 unspecified atom stereocenters. The minimum Gasteiger partial charge on any atom is -0.397 e. The molecular formula is C13H13BrN2OS. The number of fused-ring (bicyclic) bond motifs is 1. The van der Waals surface area contributed by atoms with Crippen molar-refractivity contribution in [3.8, 4) is 0 Å². The Morgan fingerprint density at radius 2 is 2.28 bits per heavy atom. The van der Waals surface area contributed by atoms with Crippen molar-refractivity contribution in [2.75, 3.05) is 12.3 Å². The van der Waals surface area contributed by atoms with Crippen LogP contribution in [0.1, 0.15) is 22.5 Å². The topological polar surface area (TPSA) is 55.1 Å². The standard InChI is InChI=1S/C13H13BrN2OS/c14-8-2-1-3-9-10(8)11(15)12(18-9)13(17)16-6-7-4-5-7/h1-3,7H,4-6,15H2,(H,16,17). The van der Waals surface area contributed by atoms with E-state index >= 15 is 0 Å². The van der Waals surface area contributed by atoms with Crippen molar-refractivity contribution in [1.29, 1.82) is 0 Å². The van der Waals surface area contributed by atoms with Gasteiger partial charge in [-0.25, -0.2) is 0 Å². The third-order valence-corrected chi connectivity index (χ3v) is 4.99. The Morgan fingerprint density at radius 1 is 1.50 bits per heavy atom. The summed E-state index contributed by atoms with van der Waals surface area (Å²) in [4.78, 5) is 12.7. The van der Waals surface area contributed by atoms with Crippen molar-refractivity contribution in [3.05, 3.63) is 27.5 Å². The highest BCUT2D eigenvalue weighted by atomic mass is 79.9. The molecule has 0 saturated heterocycles. The van der Waals surface area contributed by atoms with E-state index in [-0.39, 0.29) is 5.91 Å². The molecule has 3 N–H and O–H groups in total. The van der Waals surface area contributed by atoms with E-state index in [0.29, 0.717) is 16.5 Å². The van der Waals surface area contributed by atoms with Gasteiger partial charge in [0.05, 0.1) is 5.69 Å². The second-order valence-corrected chi connectivity index (χ2v) is 6.52. The molecule has 0 bridgehead atoms. The fourth-order valence-corrected chi connectivity index (χ4v) is 3.71. The summed E-state index contributed by atoms with van der Waals surface area (Å²) in [6.45, 7) is 0.772. The number of carbonyl (C=O) groups is 1. The molecule has 1 amide bonds. The van der Waals surface area contributed by atoms with Crippen LogP contribution in [-0.4, -0.2) is 12.5 Å². The molecule has 1 saturated carbocycles. The number of amides is 1. The minimum absolute atomic E-state index is 0.0486. The molecular weight excluding hydrogens is 312 g/mol. The molecule has 3 nitrogen and oxygen atoms in total. The lowest BCUT2D eigenvalue weighted by atomic mass is 10.2. The summed E-state index contributed by atoms with van der Waals surface area (Å²) >= 11 is 4.93. The number of nitrogens with two attached hydrogens (primary N) is 1. The van der Waals surface area contributed by atoms with Crippen LogP contribution in [0, 0.1) is 5.92 Å². The molecule has 0 atom stereocenters. The molecule has 1 aliphatic rings. The highest BCUT2D eigenvalue weighted by Gasteiger charge is 2.23. The van der Waals surface area contributed by atoms with Crippen molar-refractivity contribution in [1.82, 2.24) is 5.32 Å². The van der Waals surface area contributed by atoms with Gasteiger partial charge >= 0.3 is 0 Å². The lowest BCUT2D eigenvalue weighted by molar-refractivity contribution is 0.0956. The zero-order valence-corrected chi connectivity index (χ0v) is 12.1. The Morgan fingerprint density at radius 3 is 2.94 bits per heavy atom. The van der Waals surface area contributed by atoms with Crippen LogP contribution >= 0.6 is 27.3 Å². The van der Waals surface area contributed by atoms with Crippen molar-refractivity contribution in [2.24, 2.45) is 5.92 Å². The third kappa shape index (κ3) is 2.12. The number of carbonyl (C=O) groups excluding carboxylic acids is 1. The van der Waals surface area contributed by atoms with Gasteiger partial charge in [-0.3, -0.25) is 4.79 Å². The lowest BCUT2D eigenvalue weighted by Crippen LogP contribution is -2.25. The van der Waals surface area contributed by atoms with Crippen LogP contribution in [0.2, 0.25) is 0 Å². The molecule has 1 fully saturated rings. The first kappa shape index (κ1) is 12.0. The summed E-state index contributed by atoms with van der Waals surface area (Å²) in [6.07, 6.45) is 2.46. The number of benzene rings is 1. The van der Waals surface area contributed by atoms with E-state index in [1.165, 1.54) is 24.2 Å². The smallest absolute Gasteiger partial charge is 0.263 e. The average Bonchev–Trinajstić information content (AvgIpc) is 3.11. The van der Waals surface area contributed by atoms with Crippen LogP contribution in [0.3, 0.4) is 0 Å². The van der Waals surface area contributed by atoms with Crippen LogP contribution in [-0.2, 0) is 0 Å². The Labute approximate surface area is 117 Å². The van der Waals surface area contributed by atoms with Crippen molar-refractivity contribution in [2.45, 2.75) is 12.8 Å². The summed E-state index contributed by atoms with van der Waals surface area (Å²) in [5.74, 6) is 0.629. The molecule has 0 spiro atoms. The molecule has 1 aliphatic carbocycles. The van der Waals surface area contributed by atoms with E-state index < -0.39 is 0 Å². The van der Waals surface area contributed by atoms with E-state index in [2.05, 4.69) is 21.2 Å². The normalized spacial score (nSPS) is 14.9. The van der Waals surface area contributed by atoms with Gasteiger partial charge in [0.1, 0.15) is 4.88 Å². The molecule has 94 valence electrons. The number of nitrogens with one attached hydrogen (secondary N) is 1. The van der Waals surface area contributed by atoms with Crippen LogP contribution in [0.4, 0.5) is 5.69 Å². The van der Waals surface area contributed by atoms with Gasteiger partial charge in [0.15, 0.2) is 0 Å². The molecule has 1 aromatic carbocycles. The van der Waals surface area contributed by atoms with Crippen LogP contribution in [0.5, 0.6) is 0 Å². The predicted molar refractivity (Wildman–Crippen MR) is 79.0 cm³/mol. The van der Waals surface area contributed by atoms with Crippen molar-refractivity contribution >= 4 is 48.9 Å². The van der Waals surface area contributed by atoms with Crippen LogP contribution in [0.15, 0.2) is 22.7 Å². The lowest BCUT2D eigenvalue weighted by Gasteiger charge is -2.02. The minimum atomic E-state index is -0.0486. The Kier molecular flexibility index (Phi) is 3.03. The van der Waals surface area contributed by atoms with E-state index in [1.807, 2.05) is 18.2 Å². The van der Waals surface area contributed by atoms with Gasteiger partial charge in [0, 0.05) is 21.1 Å². The number of hydrogen-bond acceptors (Lipinski definition) is 3. The van der Waals surface area contributed by atoms with Gasteiger partial charge in [-0.15, -0.1) is 11.3 Å². The molecule has 5 heteroatoms. The van der Waals surface area contributed by atoms with E-state index in [1.54, 1.807) is 0 Å². The van der Waals surface area contributed by atoms with Gasteiger partial charge in [-0.05, 0) is 30.9 Å². The average molecular weight is 325 g/mol. The van der Waals surface area contributed by atoms with Crippen LogP contribution in [0.25, 0.3) is 10.1 Å². The third-order valence-electron chi connectivity index (χ3n) is 3.16. The summed E-state index contributed by atoms with van der Waals surface area (Å²) in [5, 5.41) is 3.90. The Hall–Kier alpha value is -1.07. The second kappa shape index (κ2) is 4.55. The van der Waals surface area contributed by atoms with Gasteiger partial charge in [-0.2, -0.15) is 0 Å². The second-order valence-electron chi connectivity index (χ2n) is 4.61. The number of halogens is 1. The van der Waals surface area contributed by atoms with Gasteiger partial charge in [-0.1, -0.05) is 22.0 Å². The predicted octanol–water partition coefficient (Wildman–Crippen LogP) is 3.39. The monoisotopic (exact) mass is 324 g/mol. The molecule has 2 aromatic rings. The van der Waals surface area contributed by atoms with Crippen molar-refractivity contribution < 1.29 is 4.79 Å². The Balaban J connectivity index is 1.93. The summed E-state index contributed by atoms with van der Waals surface area (Å²) in [5.41, 5.74) is 6.66. The maximum absolute atomic E-state index is 12.1. The largest absolute Gasteiger partial charge is 0.397 e. The molecule has 0 aliphatic heterocycles. The maximum Gasteiger partial charge on any atom is 0.263 e. The summed E-state index contributed by atoms with van der Waals surface area (Å²) in [6, 6.07) is 5.88. The van der Waals surface area contributed by atoms with E-state index in [4.69, 9.17) is 5.73 Å². The molecule has 0 radical (unpaired) electrons. The van der Waals surface area contributed by atoms with E-state index in [0.717, 1.165) is 21.1 Å². The Bertz CT molecular complexity index is 619. The van der Waals surface area contributed by atoms with Crippen LogP contribution < -0.4 is 11.1 Å². The number of rotatable bonds is 3. The molecule has 1 aromatic heterocycles. The highest BCUT2D eigenvalue weighted by molar-refractivity contribution is 9.10. The first-order valence-electron chi connectivity index (χ1n) is 5.91. The maximum atomic E-state index is 12.1. The fourth-order valence-electron chi connectivity index (χ4n) is 1.94. The van der Waals surface area contributed by atoms with Crippen molar-refractivity contribution in [3.63, 3.8) is 0 Å². The zero-order chi connectivity index (χ0) is 12.7. The molecule has 3 rings (SSSR count). The first-order valence-corrected chi connectivity index (χ1v) is 7.52. The van der Waals surface area contributed by atoms with Gasteiger partial charge in [0.25, 0.3) is 5.91 Å². The SMILES string of the molecule is Nc1c(C(=O)NCC2CC2)sc2cccc(Br)c12. The summed E-state index contributed by atoms with van der Waals surface area (Å²) < 4.78 is 1.98. The van der Waals surface area contributed by atoms with Gasteiger partial charge in [0.2, 0.25) is 0 Å². The quantitative estimate of drug-likeness (QED) is 0.909. The highest BCUT2D eigenvalue weighted by Crippen LogP contribution is 2.38. The summed E-state index contributed by atoms with van der Waals surface area (Å²) in [7, 11) is 0. The first-order chi connectivity index (χ1) is 8.66. The molecule has 1 heterocycles. The molecule has 18 heavy (non-hydrogen) atoms.